The maximum atomic E-state index is 9.99. The number of hydrogen-bond acceptors (Lipinski definition) is 3. The molecule has 4 nitrogen and oxygen atoms in total. The van der Waals surface area contributed by atoms with Gasteiger partial charge in [-0.05, 0) is 6.42 Å². The van der Waals surface area contributed by atoms with Crippen molar-refractivity contribution < 1.29 is 14.7 Å². The molecule has 0 heterocycles. The van der Waals surface area contributed by atoms with E-state index >= 15 is 0 Å². The van der Waals surface area contributed by atoms with Crippen LogP contribution in [0, 0.1) is 0 Å². The second-order valence-corrected chi connectivity index (χ2v) is 1.76. The summed E-state index contributed by atoms with van der Waals surface area (Å²) >= 11 is 0. The normalized spacial score (nSPS) is 13.1. The van der Waals surface area contributed by atoms with Crippen LogP contribution in [-0.2, 0) is 9.63 Å². The minimum absolute atomic E-state index is 0.0208. The van der Waals surface area contributed by atoms with Gasteiger partial charge in [0.15, 0.2) is 0 Å². The van der Waals surface area contributed by atoms with Crippen molar-refractivity contribution in [1.82, 2.24) is 0 Å². The number of carboxylic acid groups (broad SMARTS) is 1. The molecule has 0 fully saturated rings. The van der Waals surface area contributed by atoms with Crippen molar-refractivity contribution >= 4 is 5.97 Å². The number of aliphatic carboxylic acids is 1. The first kappa shape index (κ1) is 8.39. The minimum Gasteiger partial charge on any atom is -0.481 e. The van der Waals surface area contributed by atoms with Crippen LogP contribution in [0.15, 0.2) is 0 Å². The Morgan fingerprint density at radius 2 is 2.44 bits per heavy atom. The van der Waals surface area contributed by atoms with Crippen molar-refractivity contribution in [1.29, 1.82) is 0 Å². The fourth-order valence-electron chi connectivity index (χ4n) is 0.483. The first-order valence-corrected chi connectivity index (χ1v) is 2.78. The van der Waals surface area contributed by atoms with Crippen LogP contribution in [0.1, 0.15) is 19.8 Å². The lowest BCUT2D eigenvalue weighted by Crippen LogP contribution is -2.19. The third-order valence-corrected chi connectivity index (χ3v) is 1.05. The Morgan fingerprint density at radius 3 is 2.56 bits per heavy atom. The molecule has 0 aliphatic carbocycles. The van der Waals surface area contributed by atoms with E-state index in [0.29, 0.717) is 6.42 Å². The van der Waals surface area contributed by atoms with Crippen molar-refractivity contribution in [2.75, 3.05) is 0 Å². The van der Waals surface area contributed by atoms with Crippen LogP contribution >= 0.6 is 0 Å². The Kier molecular flexibility index (Phi) is 4.00. The topological polar surface area (TPSA) is 72.5 Å². The molecular weight excluding hydrogens is 122 g/mol. The van der Waals surface area contributed by atoms with Gasteiger partial charge in [-0.25, -0.2) is 5.90 Å². The van der Waals surface area contributed by atoms with Gasteiger partial charge in [0.25, 0.3) is 0 Å². The quantitative estimate of drug-likeness (QED) is 0.534. The van der Waals surface area contributed by atoms with Crippen LogP contribution in [0.5, 0.6) is 0 Å². The van der Waals surface area contributed by atoms with E-state index < -0.39 is 5.97 Å². The molecule has 0 aromatic rings. The smallest absolute Gasteiger partial charge is 0.306 e. The van der Waals surface area contributed by atoms with Crippen molar-refractivity contribution in [3.8, 4) is 0 Å². The van der Waals surface area contributed by atoms with E-state index in [2.05, 4.69) is 4.84 Å². The monoisotopic (exact) mass is 133 g/mol. The second kappa shape index (κ2) is 4.29. The van der Waals surface area contributed by atoms with Gasteiger partial charge in [0.2, 0.25) is 0 Å². The lowest BCUT2D eigenvalue weighted by molar-refractivity contribution is -0.140. The number of rotatable bonds is 4. The summed E-state index contributed by atoms with van der Waals surface area (Å²) < 4.78 is 0. The minimum atomic E-state index is -0.882. The number of hydrogen-bond donors (Lipinski definition) is 2. The summed E-state index contributed by atoms with van der Waals surface area (Å²) in [5.41, 5.74) is 0. The van der Waals surface area contributed by atoms with Crippen molar-refractivity contribution in [2.24, 2.45) is 5.90 Å². The molecular formula is C5H11NO3. The average molecular weight is 133 g/mol. The van der Waals surface area contributed by atoms with Gasteiger partial charge in [-0.15, -0.1) is 0 Å². The molecule has 0 aromatic heterocycles. The molecule has 54 valence electrons. The van der Waals surface area contributed by atoms with Gasteiger partial charge in [-0.1, -0.05) is 6.92 Å². The van der Waals surface area contributed by atoms with Crippen LogP contribution in [0.25, 0.3) is 0 Å². The standard InChI is InChI=1S/C5H11NO3/c1-2-4(9-6)3-5(7)8/h4H,2-3,6H2,1H3,(H,7,8). The molecule has 1 atom stereocenters. The molecule has 9 heavy (non-hydrogen) atoms. The Bertz CT molecular complexity index is 90.2. The van der Waals surface area contributed by atoms with Gasteiger partial charge in [-0.3, -0.25) is 4.79 Å². The zero-order valence-electron chi connectivity index (χ0n) is 5.33. The van der Waals surface area contributed by atoms with Crippen LogP contribution in [0.4, 0.5) is 0 Å². The molecule has 0 aromatic carbocycles. The molecule has 3 N–H and O–H groups in total. The van der Waals surface area contributed by atoms with Gasteiger partial charge < -0.3 is 9.94 Å². The van der Waals surface area contributed by atoms with Crippen molar-refractivity contribution in [3.63, 3.8) is 0 Å². The molecule has 0 rings (SSSR count). The predicted octanol–water partition coefficient (Wildman–Crippen LogP) is 0.130. The third-order valence-electron chi connectivity index (χ3n) is 1.05. The maximum Gasteiger partial charge on any atom is 0.306 e. The van der Waals surface area contributed by atoms with E-state index in [-0.39, 0.29) is 12.5 Å². The number of carbonyl (C=O) groups is 1. The van der Waals surface area contributed by atoms with Gasteiger partial charge in [-0.2, -0.15) is 0 Å². The van der Waals surface area contributed by atoms with E-state index in [1.165, 1.54) is 0 Å². The van der Waals surface area contributed by atoms with Crippen molar-refractivity contribution in [2.45, 2.75) is 25.9 Å². The number of carboxylic acids is 1. The van der Waals surface area contributed by atoms with E-state index in [1.807, 2.05) is 6.92 Å². The molecule has 0 saturated carbocycles. The molecule has 0 aliphatic rings. The zero-order valence-corrected chi connectivity index (χ0v) is 5.33. The van der Waals surface area contributed by atoms with Gasteiger partial charge in [0.1, 0.15) is 0 Å². The Labute approximate surface area is 53.6 Å². The first-order chi connectivity index (χ1) is 4.20. The lowest BCUT2D eigenvalue weighted by Gasteiger charge is -2.06. The Morgan fingerprint density at radius 1 is 1.89 bits per heavy atom. The molecule has 1 unspecified atom stereocenters. The fraction of sp³-hybridized carbons (Fsp3) is 0.800. The highest BCUT2D eigenvalue weighted by Crippen LogP contribution is 1.98. The molecule has 0 radical (unpaired) electrons. The molecule has 0 saturated heterocycles. The summed E-state index contributed by atoms with van der Waals surface area (Å²) in [6, 6.07) is 0. The highest BCUT2D eigenvalue weighted by molar-refractivity contribution is 5.67. The van der Waals surface area contributed by atoms with Gasteiger partial charge in [0, 0.05) is 0 Å². The summed E-state index contributed by atoms with van der Waals surface area (Å²) in [5, 5.41) is 8.21. The highest BCUT2D eigenvalue weighted by atomic mass is 16.6. The molecule has 0 aliphatic heterocycles. The summed E-state index contributed by atoms with van der Waals surface area (Å²) in [6.45, 7) is 1.82. The van der Waals surface area contributed by atoms with Crippen LogP contribution in [0.2, 0.25) is 0 Å². The SMILES string of the molecule is CCC(CC(=O)O)ON. The molecule has 0 amide bonds. The van der Waals surface area contributed by atoms with Gasteiger partial charge >= 0.3 is 5.97 Å². The van der Waals surface area contributed by atoms with Crippen LogP contribution in [-0.4, -0.2) is 17.2 Å². The molecule has 4 heteroatoms. The highest BCUT2D eigenvalue weighted by Gasteiger charge is 2.08. The van der Waals surface area contributed by atoms with Gasteiger partial charge in [0.05, 0.1) is 12.5 Å². The fourth-order valence-corrected chi connectivity index (χ4v) is 0.483. The first-order valence-electron chi connectivity index (χ1n) is 2.78. The van der Waals surface area contributed by atoms with E-state index in [4.69, 9.17) is 11.0 Å². The predicted molar refractivity (Wildman–Crippen MR) is 31.6 cm³/mol. The van der Waals surface area contributed by atoms with E-state index in [1.54, 1.807) is 0 Å². The summed E-state index contributed by atoms with van der Waals surface area (Å²) in [7, 11) is 0. The third kappa shape index (κ3) is 3.93. The zero-order chi connectivity index (χ0) is 7.28. The largest absolute Gasteiger partial charge is 0.481 e. The summed E-state index contributed by atoms with van der Waals surface area (Å²) in [4.78, 5) is 14.3. The maximum absolute atomic E-state index is 9.99. The van der Waals surface area contributed by atoms with Crippen molar-refractivity contribution in [3.05, 3.63) is 0 Å². The molecule has 0 bridgehead atoms. The van der Waals surface area contributed by atoms with Crippen LogP contribution in [0.3, 0.4) is 0 Å². The Hall–Kier alpha value is -0.610. The average Bonchev–Trinajstić information content (AvgIpc) is 1.82. The lowest BCUT2D eigenvalue weighted by atomic mass is 10.2. The summed E-state index contributed by atoms with van der Waals surface area (Å²) in [5.74, 6) is 3.89. The molecule has 0 spiro atoms. The number of nitrogens with two attached hydrogens (primary N) is 1. The van der Waals surface area contributed by atoms with E-state index in [0.717, 1.165) is 0 Å². The van der Waals surface area contributed by atoms with E-state index in [9.17, 15) is 4.79 Å². The summed E-state index contributed by atoms with van der Waals surface area (Å²) in [6.07, 6.45) is 0.262. The van der Waals surface area contributed by atoms with Crippen LogP contribution < -0.4 is 5.90 Å². The Balaban J connectivity index is 3.43. The second-order valence-electron chi connectivity index (χ2n) is 1.76.